The van der Waals surface area contributed by atoms with E-state index in [1.165, 1.54) is 0 Å². The Morgan fingerprint density at radius 3 is 2.61 bits per heavy atom. The first-order valence-electron chi connectivity index (χ1n) is 6.07. The van der Waals surface area contributed by atoms with Crippen molar-refractivity contribution >= 4 is 11.9 Å². The highest BCUT2D eigenvalue weighted by molar-refractivity contribution is 5.95. The van der Waals surface area contributed by atoms with E-state index in [1.807, 2.05) is 13.8 Å². The molecule has 7 nitrogen and oxygen atoms in total. The first kappa shape index (κ1) is 13.0. The molecule has 0 aromatic carbocycles. The molecular formula is C11H19N5O2. The molecule has 1 aliphatic rings. The normalized spacial score (nSPS) is 17.7. The molecule has 0 unspecified atom stereocenters. The summed E-state index contributed by atoms with van der Waals surface area (Å²) in [5.41, 5.74) is -0.593. The number of anilines is 1. The van der Waals surface area contributed by atoms with Crippen LogP contribution in [0.15, 0.2) is 4.42 Å². The van der Waals surface area contributed by atoms with Crippen LogP contribution in [0.2, 0.25) is 0 Å². The SMILES string of the molecule is Cc1nnc(NC(=O)C(C)(C)N2CCNCC2)o1. The Morgan fingerprint density at radius 1 is 1.39 bits per heavy atom. The van der Waals surface area contributed by atoms with Crippen molar-refractivity contribution < 1.29 is 9.21 Å². The van der Waals surface area contributed by atoms with Crippen LogP contribution in [0.4, 0.5) is 6.01 Å². The standard InChI is InChI=1S/C11H19N5O2/c1-8-14-15-10(18-8)13-9(17)11(2,3)16-6-4-12-5-7-16/h12H,4-7H2,1-3H3,(H,13,15,17). The summed E-state index contributed by atoms with van der Waals surface area (Å²) in [7, 11) is 0. The van der Waals surface area contributed by atoms with Gasteiger partial charge in [0.1, 0.15) is 0 Å². The Hall–Kier alpha value is -1.47. The average molecular weight is 253 g/mol. The summed E-state index contributed by atoms with van der Waals surface area (Å²) >= 11 is 0. The van der Waals surface area contributed by atoms with Gasteiger partial charge < -0.3 is 9.73 Å². The van der Waals surface area contributed by atoms with E-state index in [4.69, 9.17) is 4.42 Å². The number of amides is 1. The van der Waals surface area contributed by atoms with Crippen LogP contribution in [-0.2, 0) is 4.79 Å². The van der Waals surface area contributed by atoms with Crippen molar-refractivity contribution in [1.29, 1.82) is 0 Å². The van der Waals surface area contributed by atoms with Crippen molar-refractivity contribution in [2.75, 3.05) is 31.5 Å². The summed E-state index contributed by atoms with van der Waals surface area (Å²) in [4.78, 5) is 14.4. The molecule has 1 aromatic heterocycles. The van der Waals surface area contributed by atoms with E-state index in [9.17, 15) is 4.79 Å². The first-order valence-corrected chi connectivity index (χ1v) is 6.07. The van der Waals surface area contributed by atoms with Crippen LogP contribution in [0.25, 0.3) is 0 Å². The Balaban J connectivity index is 2.02. The third kappa shape index (κ3) is 2.68. The molecule has 18 heavy (non-hydrogen) atoms. The highest BCUT2D eigenvalue weighted by Gasteiger charge is 2.35. The zero-order valence-electron chi connectivity index (χ0n) is 11.0. The van der Waals surface area contributed by atoms with Crippen LogP contribution in [0.5, 0.6) is 0 Å². The summed E-state index contributed by atoms with van der Waals surface area (Å²) in [5.74, 6) is 0.304. The van der Waals surface area contributed by atoms with Crippen molar-refractivity contribution in [2.45, 2.75) is 26.3 Å². The van der Waals surface area contributed by atoms with Gasteiger partial charge in [0.2, 0.25) is 11.8 Å². The van der Waals surface area contributed by atoms with Gasteiger partial charge in [0.15, 0.2) is 0 Å². The molecule has 0 radical (unpaired) electrons. The number of piperazine rings is 1. The fourth-order valence-corrected chi connectivity index (χ4v) is 1.96. The average Bonchev–Trinajstić information content (AvgIpc) is 2.76. The Morgan fingerprint density at radius 2 is 2.06 bits per heavy atom. The van der Waals surface area contributed by atoms with Gasteiger partial charge >= 0.3 is 6.01 Å². The monoisotopic (exact) mass is 253 g/mol. The zero-order valence-corrected chi connectivity index (χ0v) is 11.0. The maximum absolute atomic E-state index is 12.2. The van der Waals surface area contributed by atoms with Gasteiger partial charge in [-0.25, -0.2) is 0 Å². The van der Waals surface area contributed by atoms with Crippen LogP contribution in [0.3, 0.4) is 0 Å². The van der Waals surface area contributed by atoms with Gasteiger partial charge in [-0.2, -0.15) is 0 Å². The minimum Gasteiger partial charge on any atom is -0.408 e. The van der Waals surface area contributed by atoms with Gasteiger partial charge in [0, 0.05) is 33.1 Å². The first-order chi connectivity index (χ1) is 8.50. The minimum absolute atomic E-state index is 0.131. The molecular weight excluding hydrogens is 234 g/mol. The van der Waals surface area contributed by atoms with Gasteiger partial charge in [-0.3, -0.25) is 15.0 Å². The molecule has 1 aliphatic heterocycles. The van der Waals surface area contributed by atoms with Crippen LogP contribution in [0.1, 0.15) is 19.7 Å². The van der Waals surface area contributed by atoms with Crippen LogP contribution in [0, 0.1) is 6.92 Å². The molecule has 0 aliphatic carbocycles. The molecule has 1 aromatic rings. The quantitative estimate of drug-likeness (QED) is 0.789. The summed E-state index contributed by atoms with van der Waals surface area (Å²) in [6.07, 6.45) is 0. The second-order valence-corrected chi connectivity index (χ2v) is 4.88. The fourth-order valence-electron chi connectivity index (χ4n) is 1.96. The molecule has 2 N–H and O–H groups in total. The minimum atomic E-state index is -0.593. The zero-order chi connectivity index (χ0) is 13.2. The predicted octanol–water partition coefficient (Wildman–Crippen LogP) is 0.000320. The largest absolute Gasteiger partial charge is 0.408 e. The Labute approximate surface area is 106 Å². The maximum Gasteiger partial charge on any atom is 0.322 e. The van der Waals surface area contributed by atoms with E-state index in [1.54, 1.807) is 6.92 Å². The second-order valence-electron chi connectivity index (χ2n) is 4.88. The highest BCUT2D eigenvalue weighted by Crippen LogP contribution is 2.17. The number of hydrogen-bond donors (Lipinski definition) is 2. The van der Waals surface area contributed by atoms with Gasteiger partial charge in [-0.1, -0.05) is 5.10 Å². The second kappa shape index (κ2) is 5.03. The lowest BCUT2D eigenvalue weighted by Gasteiger charge is -2.39. The fraction of sp³-hybridized carbons (Fsp3) is 0.727. The number of nitrogens with one attached hydrogen (secondary N) is 2. The third-order valence-electron chi connectivity index (χ3n) is 3.21. The molecule has 2 heterocycles. The number of nitrogens with zero attached hydrogens (tertiary/aromatic N) is 3. The van der Waals surface area contributed by atoms with Crippen molar-refractivity contribution in [3.63, 3.8) is 0 Å². The van der Waals surface area contributed by atoms with E-state index in [0.29, 0.717) is 5.89 Å². The smallest absolute Gasteiger partial charge is 0.322 e. The van der Waals surface area contributed by atoms with E-state index in [0.717, 1.165) is 26.2 Å². The lowest BCUT2D eigenvalue weighted by molar-refractivity contribution is -0.126. The van der Waals surface area contributed by atoms with Gasteiger partial charge in [-0.15, -0.1) is 5.10 Å². The highest BCUT2D eigenvalue weighted by atomic mass is 16.4. The third-order valence-corrected chi connectivity index (χ3v) is 3.21. The molecule has 1 amide bonds. The van der Waals surface area contributed by atoms with Crippen molar-refractivity contribution in [2.24, 2.45) is 0 Å². The van der Waals surface area contributed by atoms with Crippen molar-refractivity contribution in [3.05, 3.63) is 5.89 Å². The number of carbonyl (C=O) groups excluding carboxylic acids is 1. The molecule has 0 saturated carbocycles. The van der Waals surface area contributed by atoms with Crippen LogP contribution in [-0.4, -0.2) is 52.7 Å². The molecule has 0 spiro atoms. The summed E-state index contributed by atoms with van der Waals surface area (Å²) in [6, 6.07) is 0.153. The Kier molecular flexibility index (Phi) is 3.63. The topological polar surface area (TPSA) is 83.3 Å². The molecule has 0 atom stereocenters. The molecule has 1 saturated heterocycles. The molecule has 100 valence electrons. The van der Waals surface area contributed by atoms with Crippen LogP contribution < -0.4 is 10.6 Å². The van der Waals surface area contributed by atoms with E-state index in [-0.39, 0.29) is 11.9 Å². The van der Waals surface area contributed by atoms with Crippen LogP contribution >= 0.6 is 0 Å². The van der Waals surface area contributed by atoms with Gasteiger partial charge in [0.05, 0.1) is 5.54 Å². The number of rotatable bonds is 3. The molecule has 2 rings (SSSR count). The number of hydrogen-bond acceptors (Lipinski definition) is 6. The van der Waals surface area contributed by atoms with E-state index < -0.39 is 5.54 Å². The van der Waals surface area contributed by atoms with Gasteiger partial charge in [-0.05, 0) is 13.8 Å². The number of aryl methyl sites for hydroxylation is 1. The van der Waals surface area contributed by atoms with Crippen molar-refractivity contribution in [3.8, 4) is 0 Å². The molecule has 7 heteroatoms. The molecule has 0 bridgehead atoms. The van der Waals surface area contributed by atoms with Gasteiger partial charge in [0.25, 0.3) is 0 Å². The maximum atomic E-state index is 12.2. The number of carbonyl (C=O) groups is 1. The van der Waals surface area contributed by atoms with Crippen molar-refractivity contribution in [1.82, 2.24) is 20.4 Å². The predicted molar refractivity (Wildman–Crippen MR) is 66.2 cm³/mol. The lowest BCUT2D eigenvalue weighted by atomic mass is 10.0. The lowest BCUT2D eigenvalue weighted by Crippen LogP contribution is -2.58. The van der Waals surface area contributed by atoms with E-state index in [2.05, 4.69) is 25.7 Å². The summed E-state index contributed by atoms with van der Waals surface area (Å²) < 4.78 is 5.15. The number of aromatic nitrogens is 2. The Bertz CT molecular complexity index is 423. The summed E-state index contributed by atoms with van der Waals surface area (Å²) in [5, 5.41) is 13.4. The van der Waals surface area contributed by atoms with E-state index >= 15 is 0 Å². The molecule has 1 fully saturated rings. The summed E-state index contributed by atoms with van der Waals surface area (Å²) in [6.45, 7) is 8.98.